The average Bonchev–Trinajstić information content (AvgIpc) is 2.53. The zero-order valence-corrected chi connectivity index (χ0v) is 14.0. The van der Waals surface area contributed by atoms with Crippen LogP contribution in [0, 0.1) is 16.7 Å². The van der Waals surface area contributed by atoms with E-state index in [1.54, 1.807) is 0 Å². The van der Waals surface area contributed by atoms with Crippen molar-refractivity contribution in [3.63, 3.8) is 0 Å². The van der Waals surface area contributed by atoms with Gasteiger partial charge in [0.2, 0.25) is 5.43 Å². The van der Waals surface area contributed by atoms with Crippen molar-refractivity contribution in [3.8, 4) is 6.07 Å². The lowest BCUT2D eigenvalue weighted by atomic mass is 9.87. The molecule has 6 nitrogen and oxygen atoms in total. The summed E-state index contributed by atoms with van der Waals surface area (Å²) in [6, 6.07) is 7.91. The van der Waals surface area contributed by atoms with E-state index >= 15 is 0 Å². The minimum atomic E-state index is -0.819. The lowest BCUT2D eigenvalue weighted by molar-refractivity contribution is 0.0967. The van der Waals surface area contributed by atoms with Crippen LogP contribution >= 0.6 is 0 Å². The van der Waals surface area contributed by atoms with Crippen molar-refractivity contribution < 1.29 is 4.79 Å². The predicted molar refractivity (Wildman–Crippen MR) is 91.2 cm³/mol. The van der Waals surface area contributed by atoms with Crippen molar-refractivity contribution in [1.29, 1.82) is 5.26 Å². The lowest BCUT2D eigenvalue weighted by Crippen LogP contribution is -2.45. The van der Waals surface area contributed by atoms with Crippen molar-refractivity contribution in [2.24, 2.45) is 5.41 Å². The van der Waals surface area contributed by atoms with Gasteiger partial charge in [-0.15, -0.1) is 0 Å². The molecule has 0 fully saturated rings. The molecule has 2 rings (SSSR count). The van der Waals surface area contributed by atoms with E-state index < -0.39 is 16.8 Å². The van der Waals surface area contributed by atoms with Gasteiger partial charge < -0.3 is 5.32 Å². The number of carbonyl (C=O) groups excluding carboxylic acids is 1. The number of nitriles is 1. The van der Waals surface area contributed by atoms with Crippen LogP contribution in [-0.2, 0) is 0 Å². The highest BCUT2D eigenvalue weighted by atomic mass is 16.2. The molecule has 0 aliphatic heterocycles. The predicted octanol–water partition coefficient (Wildman–Crippen LogP) is 2.08. The summed E-state index contributed by atoms with van der Waals surface area (Å²) < 4.78 is 0. The SMILES string of the molecule is CC(Nc1c(C(=O)[N]c2ccc(C#N)cc2)c(=O)c1=O)C(C)(C)C. The monoisotopic (exact) mass is 324 g/mol. The molecule has 6 heteroatoms. The van der Waals surface area contributed by atoms with Crippen LogP contribution in [0.25, 0.3) is 0 Å². The largest absolute Gasteiger partial charge is 0.378 e. The number of amides is 1. The second kappa shape index (κ2) is 6.28. The Labute approximate surface area is 139 Å². The van der Waals surface area contributed by atoms with E-state index in [2.05, 4.69) is 10.6 Å². The fourth-order valence-corrected chi connectivity index (χ4v) is 1.95. The zero-order chi connectivity index (χ0) is 18.1. The van der Waals surface area contributed by atoms with E-state index in [1.807, 2.05) is 33.8 Å². The number of carbonyl (C=O) groups is 1. The fraction of sp³-hybridized carbons (Fsp3) is 0.333. The molecule has 1 radical (unpaired) electrons. The molecule has 1 atom stereocenters. The third-order valence-electron chi connectivity index (χ3n) is 4.01. The van der Waals surface area contributed by atoms with Gasteiger partial charge in [-0.25, -0.2) is 5.32 Å². The topological polar surface area (TPSA) is 101 Å². The van der Waals surface area contributed by atoms with Crippen LogP contribution in [0.2, 0.25) is 0 Å². The molecule has 0 spiro atoms. The molecule has 2 aromatic rings. The number of nitrogens with one attached hydrogen (secondary N) is 1. The van der Waals surface area contributed by atoms with E-state index in [-0.39, 0.29) is 22.7 Å². The Morgan fingerprint density at radius 2 is 1.75 bits per heavy atom. The first kappa shape index (κ1) is 17.4. The van der Waals surface area contributed by atoms with Gasteiger partial charge in [-0.1, -0.05) is 20.8 Å². The standard InChI is InChI=1S/C18H18N3O3/c1-10(18(2,3)4)20-14-13(15(22)16(14)23)17(24)21-12-7-5-11(9-19)6-8-12/h5-8,10,20H,1-4H3. The van der Waals surface area contributed by atoms with Gasteiger partial charge >= 0.3 is 0 Å². The Hall–Kier alpha value is -2.94. The van der Waals surface area contributed by atoms with Crippen molar-refractivity contribution in [2.45, 2.75) is 33.7 Å². The van der Waals surface area contributed by atoms with Crippen LogP contribution < -0.4 is 21.5 Å². The van der Waals surface area contributed by atoms with Crippen molar-refractivity contribution in [2.75, 3.05) is 5.32 Å². The van der Waals surface area contributed by atoms with Gasteiger partial charge in [-0.3, -0.25) is 14.4 Å². The van der Waals surface area contributed by atoms with E-state index in [1.165, 1.54) is 24.3 Å². The molecule has 1 unspecified atom stereocenters. The van der Waals surface area contributed by atoms with Gasteiger partial charge in [0.1, 0.15) is 11.3 Å². The summed E-state index contributed by atoms with van der Waals surface area (Å²) in [7, 11) is 0. The molecule has 0 heterocycles. The molecule has 1 amide bonds. The summed E-state index contributed by atoms with van der Waals surface area (Å²) in [5, 5.41) is 15.5. The Balaban J connectivity index is 2.21. The first-order valence-electron chi connectivity index (χ1n) is 7.51. The number of nitrogens with zero attached hydrogens (tertiary/aromatic N) is 2. The van der Waals surface area contributed by atoms with E-state index in [0.717, 1.165) is 0 Å². The summed E-state index contributed by atoms with van der Waals surface area (Å²) in [6.45, 7) is 7.83. The third kappa shape index (κ3) is 3.35. The minimum absolute atomic E-state index is 0.0322. The van der Waals surface area contributed by atoms with Gasteiger partial charge in [-0.2, -0.15) is 5.26 Å². The molecule has 2 aromatic carbocycles. The lowest BCUT2D eigenvalue weighted by Gasteiger charge is -2.29. The summed E-state index contributed by atoms with van der Waals surface area (Å²) >= 11 is 0. The smallest absolute Gasteiger partial charge is 0.283 e. The van der Waals surface area contributed by atoms with Crippen LogP contribution in [-0.4, -0.2) is 11.9 Å². The number of anilines is 1. The van der Waals surface area contributed by atoms with Crippen molar-refractivity contribution in [3.05, 3.63) is 55.8 Å². The second-order valence-corrected chi connectivity index (χ2v) is 6.72. The molecule has 1 N–H and O–H groups in total. The number of benzene rings is 1. The van der Waals surface area contributed by atoms with Gasteiger partial charge in [0.25, 0.3) is 11.3 Å². The molecule has 0 aliphatic rings. The number of hydrogen-bond donors (Lipinski definition) is 1. The number of rotatable bonds is 4. The highest BCUT2D eigenvalue weighted by Crippen LogP contribution is 2.23. The molecule has 0 bridgehead atoms. The van der Waals surface area contributed by atoms with E-state index in [4.69, 9.17) is 5.26 Å². The maximum Gasteiger partial charge on any atom is 0.283 e. The highest BCUT2D eigenvalue weighted by molar-refractivity contribution is 6.03. The first-order valence-corrected chi connectivity index (χ1v) is 7.51. The van der Waals surface area contributed by atoms with Crippen molar-refractivity contribution >= 4 is 17.3 Å². The fourth-order valence-electron chi connectivity index (χ4n) is 1.95. The maximum absolute atomic E-state index is 12.2. The van der Waals surface area contributed by atoms with E-state index in [0.29, 0.717) is 11.3 Å². The first-order chi connectivity index (χ1) is 11.1. The quantitative estimate of drug-likeness (QED) is 0.868. The Bertz CT molecular complexity index is 876. The van der Waals surface area contributed by atoms with Crippen LogP contribution in [0.1, 0.15) is 43.6 Å². The molecule has 123 valence electrons. The Morgan fingerprint density at radius 3 is 2.25 bits per heavy atom. The molecular formula is C18H18N3O3. The van der Waals surface area contributed by atoms with Crippen LogP contribution in [0.5, 0.6) is 0 Å². The van der Waals surface area contributed by atoms with Gasteiger partial charge in [-0.05, 0) is 36.6 Å². The third-order valence-corrected chi connectivity index (χ3v) is 4.01. The molecule has 24 heavy (non-hydrogen) atoms. The highest BCUT2D eigenvalue weighted by Gasteiger charge is 2.31. The molecular weight excluding hydrogens is 306 g/mol. The minimum Gasteiger partial charge on any atom is -0.378 e. The normalized spacial score (nSPS) is 12.5. The van der Waals surface area contributed by atoms with Crippen LogP contribution in [0.15, 0.2) is 33.9 Å². The van der Waals surface area contributed by atoms with Gasteiger partial charge in [0, 0.05) is 6.04 Å². The second-order valence-electron chi connectivity index (χ2n) is 6.72. The number of hydrogen-bond acceptors (Lipinski definition) is 5. The van der Waals surface area contributed by atoms with E-state index in [9.17, 15) is 14.4 Å². The average molecular weight is 324 g/mol. The van der Waals surface area contributed by atoms with Crippen LogP contribution in [0.3, 0.4) is 0 Å². The Morgan fingerprint density at radius 1 is 1.17 bits per heavy atom. The molecule has 0 saturated carbocycles. The molecule has 0 saturated heterocycles. The maximum atomic E-state index is 12.2. The summed E-state index contributed by atoms with van der Waals surface area (Å²) in [4.78, 5) is 35.8. The molecule has 0 aromatic heterocycles. The van der Waals surface area contributed by atoms with Gasteiger partial charge in [0.05, 0.1) is 17.3 Å². The Kier molecular flexibility index (Phi) is 4.56. The van der Waals surface area contributed by atoms with Crippen molar-refractivity contribution in [1.82, 2.24) is 5.32 Å². The zero-order valence-electron chi connectivity index (χ0n) is 14.0. The molecule has 0 aliphatic carbocycles. The summed E-state index contributed by atoms with van der Waals surface area (Å²) in [6.07, 6.45) is 0. The van der Waals surface area contributed by atoms with Crippen LogP contribution in [0.4, 0.5) is 11.4 Å². The summed E-state index contributed by atoms with van der Waals surface area (Å²) in [5.41, 5.74) is -1.07. The summed E-state index contributed by atoms with van der Waals surface area (Å²) in [5.74, 6) is -0.757. The van der Waals surface area contributed by atoms with Gasteiger partial charge in [0.15, 0.2) is 0 Å².